The third-order valence-corrected chi connectivity index (χ3v) is 3.93. The summed E-state index contributed by atoms with van der Waals surface area (Å²) in [6.45, 7) is 8.01. The number of rotatable bonds is 7. The summed E-state index contributed by atoms with van der Waals surface area (Å²) in [4.78, 5) is 16.2. The Hall–Kier alpha value is -0.480. The Morgan fingerprint density at radius 2 is 1.80 bits per heavy atom. The van der Waals surface area contributed by atoms with Gasteiger partial charge >= 0.3 is 16.3 Å². The maximum absolute atomic E-state index is 12.3. The second-order valence-corrected chi connectivity index (χ2v) is 10.2. The Kier molecular flexibility index (Phi) is 9.27. The van der Waals surface area contributed by atoms with Crippen LogP contribution in [0.3, 0.4) is 0 Å². The van der Waals surface area contributed by atoms with Crippen LogP contribution in [0.5, 0.6) is 0 Å². The minimum absolute atomic E-state index is 0.236. The lowest BCUT2D eigenvalue weighted by Gasteiger charge is -2.25. The molecule has 0 saturated heterocycles. The molecule has 3 N–H and O–H groups in total. The highest BCUT2D eigenvalue weighted by Gasteiger charge is 2.30. The maximum Gasteiger partial charge on any atom is 0.362 e. The molecule has 0 heterocycles. The highest BCUT2D eigenvalue weighted by atomic mass is 35.6. The summed E-state index contributed by atoms with van der Waals surface area (Å²) in [7, 11) is -4.36. The van der Waals surface area contributed by atoms with E-state index < -0.39 is 44.3 Å². The minimum Gasteiger partial charge on any atom is -0.458 e. The van der Waals surface area contributed by atoms with E-state index in [0.717, 1.165) is 0 Å². The molecule has 8 nitrogen and oxygen atoms in total. The monoisotopic (exact) mass is 439 g/mol. The molecule has 0 aromatic rings. The zero-order valence-corrected chi connectivity index (χ0v) is 17.8. The van der Waals surface area contributed by atoms with Crippen LogP contribution in [-0.2, 0) is 24.0 Å². The lowest BCUT2D eigenvalue weighted by Crippen LogP contribution is -2.42. The number of alkyl halides is 3. The maximum atomic E-state index is 12.3. The van der Waals surface area contributed by atoms with Gasteiger partial charge in [-0.15, -0.1) is 0 Å². The van der Waals surface area contributed by atoms with Crippen LogP contribution in [0.25, 0.3) is 0 Å². The molecule has 2 atom stereocenters. The summed E-state index contributed by atoms with van der Waals surface area (Å²) >= 11 is 16.2. The molecule has 0 amide bonds. The van der Waals surface area contributed by atoms with Crippen molar-refractivity contribution in [1.29, 1.82) is 0 Å². The molecule has 0 aliphatic heterocycles. The fourth-order valence-corrected chi connectivity index (χ4v) is 2.53. The highest BCUT2D eigenvalue weighted by molar-refractivity contribution is 7.85. The minimum atomic E-state index is -4.36. The summed E-state index contributed by atoms with van der Waals surface area (Å²) in [6, 6.07) is -0.986. The fraction of sp³-hybridized carbons (Fsp3) is 0.846. The molecule has 0 saturated carbocycles. The first-order chi connectivity index (χ1) is 11.1. The van der Waals surface area contributed by atoms with Crippen molar-refractivity contribution >= 4 is 57.0 Å². The van der Waals surface area contributed by atoms with E-state index in [1.54, 1.807) is 27.7 Å². The SMILES string of the molecule is CC[C@H](C)[C@H](N=C(N)NS(=O)(=O)OCC(Cl)(Cl)Cl)C(=O)OC(C)(C)C. The quantitative estimate of drug-likeness (QED) is 0.271. The van der Waals surface area contributed by atoms with E-state index in [1.165, 1.54) is 0 Å². The van der Waals surface area contributed by atoms with E-state index in [2.05, 4.69) is 9.18 Å². The Morgan fingerprint density at radius 1 is 1.28 bits per heavy atom. The zero-order valence-electron chi connectivity index (χ0n) is 14.7. The molecule has 0 radical (unpaired) electrons. The first-order valence-electron chi connectivity index (χ1n) is 7.36. The number of hydrogen-bond acceptors (Lipinski definition) is 6. The van der Waals surface area contributed by atoms with Gasteiger partial charge in [0.15, 0.2) is 6.04 Å². The van der Waals surface area contributed by atoms with Gasteiger partial charge in [-0.25, -0.2) is 18.7 Å². The molecule has 0 bridgehead atoms. The number of nitrogens with two attached hydrogens (primary N) is 1. The van der Waals surface area contributed by atoms with Crippen molar-refractivity contribution in [1.82, 2.24) is 4.72 Å². The van der Waals surface area contributed by atoms with Gasteiger partial charge in [0, 0.05) is 0 Å². The topological polar surface area (TPSA) is 120 Å². The van der Waals surface area contributed by atoms with Crippen molar-refractivity contribution in [3.05, 3.63) is 0 Å². The van der Waals surface area contributed by atoms with E-state index in [1.807, 2.05) is 11.6 Å². The van der Waals surface area contributed by atoms with Gasteiger partial charge in [0.05, 0.1) is 0 Å². The van der Waals surface area contributed by atoms with Gasteiger partial charge in [0.2, 0.25) is 9.75 Å². The number of nitrogens with zero attached hydrogens (tertiary/aromatic N) is 1. The third kappa shape index (κ3) is 11.7. The molecular formula is C13H24Cl3N3O5S. The van der Waals surface area contributed by atoms with Crippen molar-refractivity contribution in [2.24, 2.45) is 16.6 Å². The summed E-state index contributed by atoms with van der Waals surface area (Å²) in [5.74, 6) is -1.40. The molecule has 0 rings (SSSR count). The van der Waals surface area contributed by atoms with Crippen molar-refractivity contribution in [3.8, 4) is 0 Å². The van der Waals surface area contributed by atoms with E-state index in [0.29, 0.717) is 6.42 Å². The Morgan fingerprint density at radius 3 is 2.20 bits per heavy atom. The van der Waals surface area contributed by atoms with Gasteiger partial charge in [0.1, 0.15) is 12.2 Å². The lowest BCUT2D eigenvalue weighted by molar-refractivity contribution is -0.157. The standard InChI is InChI=1S/C13H24Cl3N3O5S/c1-6-8(2)9(10(20)24-12(3,4)5)18-11(17)19-25(21,22)23-7-13(14,15)16/h8-9H,6-7H2,1-5H3,(H3,17,18,19)/t8-,9-/m0/s1. The predicted octanol–water partition coefficient (Wildman–Crippen LogP) is 2.28. The molecule has 148 valence electrons. The Labute approximate surface area is 163 Å². The molecule has 25 heavy (non-hydrogen) atoms. The number of guanidine groups is 1. The van der Waals surface area contributed by atoms with E-state index in [9.17, 15) is 13.2 Å². The predicted molar refractivity (Wildman–Crippen MR) is 99.0 cm³/mol. The largest absolute Gasteiger partial charge is 0.458 e. The molecule has 0 spiro atoms. The zero-order chi connectivity index (χ0) is 20.1. The van der Waals surface area contributed by atoms with Crippen LogP contribution in [0.15, 0.2) is 4.99 Å². The molecule has 0 fully saturated rings. The van der Waals surface area contributed by atoms with Gasteiger partial charge in [-0.2, -0.15) is 8.42 Å². The van der Waals surface area contributed by atoms with Crippen LogP contribution in [-0.4, -0.2) is 42.4 Å². The van der Waals surface area contributed by atoms with Crippen molar-refractivity contribution in [2.45, 2.75) is 56.5 Å². The second-order valence-electron chi connectivity index (χ2n) is 6.31. The summed E-state index contributed by atoms with van der Waals surface area (Å²) < 4.78 is 33.1. The highest BCUT2D eigenvalue weighted by Crippen LogP contribution is 2.26. The first kappa shape index (κ1) is 24.5. The van der Waals surface area contributed by atoms with Crippen molar-refractivity contribution in [3.63, 3.8) is 0 Å². The van der Waals surface area contributed by atoms with E-state index in [-0.39, 0.29) is 5.92 Å². The van der Waals surface area contributed by atoms with Crippen LogP contribution in [0.4, 0.5) is 0 Å². The van der Waals surface area contributed by atoms with Crippen LogP contribution in [0.2, 0.25) is 0 Å². The van der Waals surface area contributed by atoms with Gasteiger partial charge in [-0.1, -0.05) is 55.1 Å². The van der Waals surface area contributed by atoms with Crippen LogP contribution in [0, 0.1) is 5.92 Å². The summed E-state index contributed by atoms with van der Waals surface area (Å²) in [5.41, 5.74) is 4.84. The number of nitrogens with one attached hydrogen (secondary N) is 1. The second kappa shape index (κ2) is 9.45. The summed E-state index contributed by atoms with van der Waals surface area (Å²) in [6.07, 6.45) is 0.594. The fourth-order valence-electron chi connectivity index (χ4n) is 1.48. The van der Waals surface area contributed by atoms with E-state index in [4.69, 9.17) is 45.3 Å². The van der Waals surface area contributed by atoms with Crippen LogP contribution >= 0.6 is 34.8 Å². The number of carbonyl (C=O) groups is 1. The van der Waals surface area contributed by atoms with Gasteiger partial charge in [0.25, 0.3) is 0 Å². The van der Waals surface area contributed by atoms with E-state index >= 15 is 0 Å². The number of aliphatic imine (C=N–C) groups is 1. The molecule has 0 aromatic heterocycles. The molecule has 12 heteroatoms. The smallest absolute Gasteiger partial charge is 0.362 e. The number of ether oxygens (including phenoxy) is 1. The molecule has 0 unspecified atom stereocenters. The summed E-state index contributed by atoms with van der Waals surface area (Å²) in [5, 5.41) is 0. The van der Waals surface area contributed by atoms with Crippen LogP contribution in [0.1, 0.15) is 41.0 Å². The van der Waals surface area contributed by atoms with Crippen molar-refractivity contribution in [2.75, 3.05) is 6.61 Å². The van der Waals surface area contributed by atoms with Gasteiger partial charge in [-0.3, -0.25) is 0 Å². The third-order valence-electron chi connectivity index (χ3n) is 2.72. The Balaban J connectivity index is 5.21. The van der Waals surface area contributed by atoms with Crippen LogP contribution < -0.4 is 10.5 Å². The normalized spacial score (nSPS) is 16.2. The average Bonchev–Trinajstić information content (AvgIpc) is 2.38. The van der Waals surface area contributed by atoms with Gasteiger partial charge in [-0.05, 0) is 26.7 Å². The van der Waals surface area contributed by atoms with Gasteiger partial charge < -0.3 is 10.5 Å². The molecule has 0 aliphatic rings. The Bertz CT molecular complexity index is 585. The van der Waals surface area contributed by atoms with Crippen molar-refractivity contribution < 1.29 is 22.1 Å². The number of hydrogen-bond donors (Lipinski definition) is 2. The lowest BCUT2D eigenvalue weighted by atomic mass is 9.99. The average molecular weight is 441 g/mol. The molecular weight excluding hydrogens is 417 g/mol. The number of carbonyl (C=O) groups excluding carboxylic acids is 1. The molecule has 0 aliphatic carbocycles. The molecule has 0 aromatic carbocycles. The first-order valence-corrected chi connectivity index (χ1v) is 9.90. The number of halogens is 3. The number of esters is 1.